The lowest BCUT2D eigenvalue weighted by atomic mass is 9.82. The van der Waals surface area contributed by atoms with Crippen LogP contribution in [-0.2, 0) is 10.0 Å². The van der Waals surface area contributed by atoms with E-state index in [4.69, 9.17) is 0 Å². The average molecular weight is 464 g/mol. The van der Waals surface area contributed by atoms with E-state index in [2.05, 4.69) is 11.4 Å². The van der Waals surface area contributed by atoms with Gasteiger partial charge in [-0.15, -0.1) is 0 Å². The van der Waals surface area contributed by atoms with Crippen LogP contribution in [0.15, 0.2) is 71.6 Å². The van der Waals surface area contributed by atoms with Crippen LogP contribution in [-0.4, -0.2) is 37.0 Å². The van der Waals surface area contributed by atoms with Crippen molar-refractivity contribution in [1.29, 1.82) is 5.26 Å². The van der Waals surface area contributed by atoms with E-state index in [1.807, 2.05) is 24.3 Å². The van der Waals surface area contributed by atoms with Gasteiger partial charge in [-0.2, -0.15) is 9.57 Å². The third-order valence-corrected chi connectivity index (χ3v) is 8.49. The number of benzene rings is 3. The van der Waals surface area contributed by atoms with E-state index in [0.29, 0.717) is 12.0 Å². The maximum absolute atomic E-state index is 14.5. The van der Waals surface area contributed by atoms with Crippen LogP contribution in [0.5, 0.6) is 0 Å². The van der Waals surface area contributed by atoms with Gasteiger partial charge in [0.05, 0.1) is 30.3 Å². The van der Waals surface area contributed by atoms with Crippen LogP contribution in [0.3, 0.4) is 0 Å². The van der Waals surface area contributed by atoms with Gasteiger partial charge in [0.2, 0.25) is 10.0 Å². The van der Waals surface area contributed by atoms with Crippen LogP contribution < -0.4 is 5.32 Å². The molecule has 3 aromatic carbocycles. The summed E-state index contributed by atoms with van der Waals surface area (Å²) in [6.45, 7) is 0.0952. The monoisotopic (exact) mass is 463 g/mol. The quantitative estimate of drug-likeness (QED) is 0.612. The maximum atomic E-state index is 14.5. The normalized spacial score (nSPS) is 22.2. The van der Waals surface area contributed by atoms with Gasteiger partial charge >= 0.3 is 0 Å². The highest BCUT2D eigenvalue weighted by atomic mass is 32.2. The van der Waals surface area contributed by atoms with E-state index in [1.165, 1.54) is 22.5 Å². The number of sulfonamides is 1. The Balaban J connectivity index is 1.63. The molecule has 0 radical (unpaired) electrons. The summed E-state index contributed by atoms with van der Waals surface area (Å²) >= 11 is 0. The summed E-state index contributed by atoms with van der Waals surface area (Å²) in [5, 5.41) is 22.6. The van der Waals surface area contributed by atoms with Crippen molar-refractivity contribution < 1.29 is 17.9 Å². The van der Waals surface area contributed by atoms with Gasteiger partial charge in [0, 0.05) is 18.2 Å². The second kappa shape index (κ2) is 8.27. The summed E-state index contributed by atoms with van der Waals surface area (Å²) in [7, 11) is -4.10. The van der Waals surface area contributed by atoms with Gasteiger partial charge in [-0.05, 0) is 59.5 Å². The SMILES string of the molecule is N#Cc1cccc(-c2ccc3c(c2)[C@H]2[C@H](CCN2S(=O)(=O)c2ccccc2F)[C@@H](CO)N3)c1. The number of fused-ring (bicyclic) bond motifs is 3. The summed E-state index contributed by atoms with van der Waals surface area (Å²) in [6.07, 6.45) is 0.546. The van der Waals surface area contributed by atoms with Gasteiger partial charge in [-0.1, -0.05) is 30.3 Å². The van der Waals surface area contributed by atoms with Crippen LogP contribution in [0.4, 0.5) is 10.1 Å². The second-order valence-corrected chi connectivity index (χ2v) is 10.2. The molecule has 33 heavy (non-hydrogen) atoms. The minimum Gasteiger partial charge on any atom is -0.394 e. The van der Waals surface area contributed by atoms with Gasteiger partial charge in [-0.3, -0.25) is 0 Å². The standard InChI is InChI=1S/C25H22FN3O3S/c26-21-6-1-2-7-24(21)33(31,32)29-11-10-19-23(15-30)28-22-9-8-18(13-20(22)25(19)29)17-5-3-4-16(12-17)14-27/h1-9,12-13,19,23,25,28,30H,10-11,15H2/t19-,23-,25-/m1/s1. The molecule has 2 aliphatic rings. The predicted molar refractivity (Wildman–Crippen MR) is 122 cm³/mol. The molecule has 1 saturated heterocycles. The van der Waals surface area contributed by atoms with E-state index in [-0.39, 0.29) is 30.0 Å². The Kier molecular flexibility index (Phi) is 5.41. The smallest absolute Gasteiger partial charge is 0.246 e. The zero-order valence-electron chi connectivity index (χ0n) is 17.6. The molecule has 2 heterocycles. The first-order chi connectivity index (χ1) is 15.9. The van der Waals surface area contributed by atoms with Crippen molar-refractivity contribution in [2.75, 3.05) is 18.5 Å². The molecule has 0 spiro atoms. The zero-order valence-corrected chi connectivity index (χ0v) is 18.5. The third-order valence-electron chi connectivity index (χ3n) is 6.57. The van der Waals surface area contributed by atoms with Crippen LogP contribution in [0.25, 0.3) is 11.1 Å². The Morgan fingerprint density at radius 3 is 2.64 bits per heavy atom. The lowest BCUT2D eigenvalue weighted by Crippen LogP contribution is -2.43. The molecule has 168 valence electrons. The number of nitrogens with one attached hydrogen (secondary N) is 1. The van der Waals surface area contributed by atoms with E-state index < -0.39 is 21.9 Å². The number of rotatable bonds is 4. The molecule has 3 aromatic rings. The molecular weight excluding hydrogens is 441 g/mol. The fourth-order valence-corrected chi connectivity index (χ4v) is 6.75. The van der Waals surface area contributed by atoms with Crippen LogP contribution in [0, 0.1) is 23.1 Å². The summed E-state index contributed by atoms with van der Waals surface area (Å²) in [6, 6.07) is 19.6. The van der Waals surface area contributed by atoms with Crippen LogP contribution in [0.1, 0.15) is 23.6 Å². The highest BCUT2D eigenvalue weighted by Gasteiger charge is 2.49. The summed E-state index contributed by atoms with van der Waals surface area (Å²) < 4.78 is 42.9. The Morgan fingerprint density at radius 1 is 1.09 bits per heavy atom. The Bertz CT molecular complexity index is 1370. The Hall–Kier alpha value is -3.25. The number of hydrogen-bond acceptors (Lipinski definition) is 5. The largest absolute Gasteiger partial charge is 0.394 e. The molecule has 0 saturated carbocycles. The number of aliphatic hydroxyl groups is 1. The highest BCUT2D eigenvalue weighted by molar-refractivity contribution is 7.89. The van der Waals surface area contributed by atoms with Crippen LogP contribution >= 0.6 is 0 Å². The van der Waals surface area contributed by atoms with Crippen LogP contribution in [0.2, 0.25) is 0 Å². The van der Waals surface area contributed by atoms with E-state index in [1.54, 1.807) is 18.2 Å². The third kappa shape index (κ3) is 3.59. The van der Waals surface area contributed by atoms with Crippen molar-refractivity contribution in [3.05, 3.63) is 83.7 Å². The number of halogens is 1. The zero-order chi connectivity index (χ0) is 23.2. The molecule has 6 nitrogen and oxygen atoms in total. The molecule has 1 fully saturated rings. The van der Waals surface area contributed by atoms with Gasteiger partial charge in [-0.25, -0.2) is 12.8 Å². The summed E-state index contributed by atoms with van der Waals surface area (Å²) in [4.78, 5) is -0.343. The first-order valence-electron chi connectivity index (χ1n) is 10.7. The molecule has 0 bridgehead atoms. The van der Waals surface area contributed by atoms with Crippen molar-refractivity contribution >= 4 is 15.7 Å². The predicted octanol–water partition coefficient (Wildman–Crippen LogP) is 3.90. The van der Waals surface area contributed by atoms with Crippen molar-refractivity contribution in [2.24, 2.45) is 5.92 Å². The maximum Gasteiger partial charge on any atom is 0.246 e. The van der Waals surface area contributed by atoms with E-state index in [9.17, 15) is 23.2 Å². The number of anilines is 1. The van der Waals surface area contributed by atoms with Crippen molar-refractivity contribution in [3.63, 3.8) is 0 Å². The number of nitrogens with zero attached hydrogens (tertiary/aromatic N) is 2. The van der Waals surface area contributed by atoms with Gasteiger partial charge in [0.15, 0.2) is 0 Å². The molecule has 0 aliphatic carbocycles. The van der Waals surface area contributed by atoms with Crippen molar-refractivity contribution in [2.45, 2.75) is 23.4 Å². The molecule has 2 aliphatic heterocycles. The van der Waals surface area contributed by atoms with Crippen molar-refractivity contribution in [1.82, 2.24) is 4.31 Å². The first kappa shape index (κ1) is 21.6. The second-order valence-electron chi connectivity index (χ2n) is 8.37. The van der Waals surface area contributed by atoms with E-state index >= 15 is 0 Å². The molecule has 0 amide bonds. The first-order valence-corrected chi connectivity index (χ1v) is 12.2. The lowest BCUT2D eigenvalue weighted by molar-refractivity contribution is 0.210. The minimum atomic E-state index is -4.10. The average Bonchev–Trinajstić information content (AvgIpc) is 3.30. The number of hydrogen-bond donors (Lipinski definition) is 2. The van der Waals surface area contributed by atoms with Gasteiger partial charge < -0.3 is 10.4 Å². The summed E-state index contributed by atoms with van der Waals surface area (Å²) in [5.74, 6) is -0.944. The van der Waals surface area contributed by atoms with Gasteiger partial charge in [0.25, 0.3) is 0 Å². The molecule has 0 unspecified atom stereocenters. The Morgan fingerprint density at radius 2 is 1.88 bits per heavy atom. The lowest BCUT2D eigenvalue weighted by Gasteiger charge is -2.39. The molecular formula is C25H22FN3O3S. The number of aliphatic hydroxyl groups excluding tert-OH is 1. The minimum absolute atomic E-state index is 0.139. The topological polar surface area (TPSA) is 93.4 Å². The molecule has 5 rings (SSSR count). The fraction of sp³-hybridized carbons (Fsp3) is 0.240. The molecule has 8 heteroatoms. The highest BCUT2D eigenvalue weighted by Crippen LogP contribution is 2.49. The Labute approximate surface area is 192 Å². The fourth-order valence-electron chi connectivity index (χ4n) is 5.02. The summed E-state index contributed by atoms with van der Waals surface area (Å²) in [5.41, 5.74) is 3.75. The van der Waals surface area contributed by atoms with Crippen molar-refractivity contribution in [3.8, 4) is 17.2 Å². The molecule has 2 N–H and O–H groups in total. The van der Waals surface area contributed by atoms with Gasteiger partial charge in [0.1, 0.15) is 10.7 Å². The molecule has 0 aromatic heterocycles. The van der Waals surface area contributed by atoms with E-state index in [0.717, 1.165) is 28.4 Å². The number of nitriles is 1. The molecule has 3 atom stereocenters.